The minimum atomic E-state index is -0.250. The van der Waals surface area contributed by atoms with Crippen molar-refractivity contribution >= 4 is 6.47 Å². The van der Waals surface area contributed by atoms with E-state index in [4.69, 9.17) is 9.90 Å². The van der Waals surface area contributed by atoms with Crippen LogP contribution in [-0.2, 0) is 4.79 Å². The molecule has 0 rings (SSSR count). The average molecular weight is 188 g/mol. The van der Waals surface area contributed by atoms with Gasteiger partial charge in [0.1, 0.15) is 0 Å². The van der Waals surface area contributed by atoms with Crippen LogP contribution in [0.4, 0.5) is 0 Å². The molecule has 0 radical (unpaired) electrons. The zero-order valence-corrected chi connectivity index (χ0v) is 9.09. The van der Waals surface area contributed by atoms with E-state index in [1.807, 2.05) is 0 Å². The third kappa shape index (κ3) is 24.6. The van der Waals surface area contributed by atoms with E-state index in [2.05, 4.69) is 13.8 Å². The van der Waals surface area contributed by atoms with Gasteiger partial charge in [0.05, 0.1) is 0 Å². The molecule has 0 heterocycles. The first-order chi connectivity index (χ1) is 6.33. The van der Waals surface area contributed by atoms with Gasteiger partial charge in [-0.15, -0.1) is 0 Å². The molecule has 0 saturated heterocycles. The van der Waals surface area contributed by atoms with Crippen LogP contribution < -0.4 is 0 Å². The highest BCUT2D eigenvalue weighted by Gasteiger charge is 1.87. The van der Waals surface area contributed by atoms with Crippen LogP contribution in [0.3, 0.4) is 0 Å². The molecule has 0 aromatic carbocycles. The Hall–Kier alpha value is -0.530. The lowest BCUT2D eigenvalue weighted by Crippen LogP contribution is -1.77. The van der Waals surface area contributed by atoms with Crippen LogP contribution >= 0.6 is 0 Å². The van der Waals surface area contributed by atoms with Gasteiger partial charge in [0.25, 0.3) is 6.47 Å². The second-order valence-corrected chi connectivity index (χ2v) is 3.23. The molecule has 0 fully saturated rings. The standard InChI is InChI=1S/C10H22.CH2O2/c1-3-5-7-9-10-8-6-4-2;2-1-3/h3-10H2,1-2H3;1H,(H,2,3). The average Bonchev–Trinajstić information content (AvgIpc) is 2.13. The summed E-state index contributed by atoms with van der Waals surface area (Å²) >= 11 is 0. The Kier molecular flexibility index (Phi) is 20.2. The largest absolute Gasteiger partial charge is 0.483 e. The van der Waals surface area contributed by atoms with Crippen molar-refractivity contribution in [2.45, 2.75) is 65.2 Å². The van der Waals surface area contributed by atoms with E-state index in [9.17, 15) is 0 Å². The second-order valence-electron chi connectivity index (χ2n) is 3.23. The highest BCUT2D eigenvalue weighted by molar-refractivity contribution is 5.32. The summed E-state index contributed by atoms with van der Waals surface area (Å²) in [7, 11) is 0. The summed E-state index contributed by atoms with van der Waals surface area (Å²) in [4.78, 5) is 8.36. The maximum atomic E-state index is 8.36. The van der Waals surface area contributed by atoms with E-state index in [0.29, 0.717) is 0 Å². The van der Waals surface area contributed by atoms with Crippen molar-refractivity contribution in [1.29, 1.82) is 0 Å². The minimum Gasteiger partial charge on any atom is -0.483 e. The van der Waals surface area contributed by atoms with Crippen LogP contribution in [0, 0.1) is 0 Å². The monoisotopic (exact) mass is 188 g/mol. The molecule has 0 aliphatic rings. The van der Waals surface area contributed by atoms with Crippen molar-refractivity contribution in [1.82, 2.24) is 0 Å². The number of carboxylic acid groups (broad SMARTS) is 1. The van der Waals surface area contributed by atoms with Crippen molar-refractivity contribution in [3.8, 4) is 0 Å². The summed E-state index contributed by atoms with van der Waals surface area (Å²) in [6, 6.07) is 0. The van der Waals surface area contributed by atoms with E-state index in [-0.39, 0.29) is 6.47 Å². The SMILES string of the molecule is CCCCCCCCCC.O=CO. The van der Waals surface area contributed by atoms with Gasteiger partial charge in [-0.3, -0.25) is 4.79 Å². The lowest BCUT2D eigenvalue weighted by Gasteiger charge is -1.97. The molecule has 0 spiro atoms. The van der Waals surface area contributed by atoms with Crippen LogP contribution in [0.15, 0.2) is 0 Å². The summed E-state index contributed by atoms with van der Waals surface area (Å²) in [5.41, 5.74) is 0. The minimum absolute atomic E-state index is 0.250. The van der Waals surface area contributed by atoms with Crippen LogP contribution in [0.5, 0.6) is 0 Å². The van der Waals surface area contributed by atoms with Crippen molar-refractivity contribution in [2.24, 2.45) is 0 Å². The Bertz CT molecular complexity index is 74.2. The number of hydrogen-bond donors (Lipinski definition) is 1. The fraction of sp³-hybridized carbons (Fsp3) is 0.909. The van der Waals surface area contributed by atoms with Gasteiger partial charge in [-0.25, -0.2) is 0 Å². The molecule has 0 atom stereocenters. The van der Waals surface area contributed by atoms with E-state index < -0.39 is 0 Å². The highest BCUT2D eigenvalue weighted by Crippen LogP contribution is 2.07. The Balaban J connectivity index is 0. The first kappa shape index (κ1) is 15.0. The lowest BCUT2D eigenvalue weighted by atomic mass is 10.1. The molecular formula is C11H24O2. The van der Waals surface area contributed by atoms with Crippen molar-refractivity contribution in [3.05, 3.63) is 0 Å². The van der Waals surface area contributed by atoms with Gasteiger partial charge in [0.2, 0.25) is 0 Å². The zero-order chi connectivity index (χ0) is 10.4. The summed E-state index contributed by atoms with van der Waals surface area (Å²) in [6.45, 7) is 4.29. The first-order valence-corrected chi connectivity index (χ1v) is 5.41. The number of rotatable bonds is 7. The summed E-state index contributed by atoms with van der Waals surface area (Å²) in [6.07, 6.45) is 11.5. The number of unbranched alkanes of at least 4 members (excludes halogenated alkanes) is 7. The van der Waals surface area contributed by atoms with Gasteiger partial charge in [-0.1, -0.05) is 65.2 Å². The Labute approximate surface area is 82.4 Å². The Morgan fingerprint density at radius 1 is 0.846 bits per heavy atom. The maximum absolute atomic E-state index is 8.36. The molecule has 0 aromatic heterocycles. The normalized spacial score (nSPS) is 8.77. The van der Waals surface area contributed by atoms with E-state index in [1.165, 1.54) is 51.4 Å². The Morgan fingerprint density at radius 2 is 1.08 bits per heavy atom. The molecule has 0 aliphatic carbocycles. The van der Waals surface area contributed by atoms with Gasteiger partial charge in [0.15, 0.2) is 0 Å². The lowest BCUT2D eigenvalue weighted by molar-refractivity contribution is -0.122. The summed E-state index contributed by atoms with van der Waals surface area (Å²) < 4.78 is 0. The number of carbonyl (C=O) groups is 1. The molecule has 0 saturated carbocycles. The van der Waals surface area contributed by atoms with Crippen molar-refractivity contribution in [3.63, 3.8) is 0 Å². The topological polar surface area (TPSA) is 37.3 Å². The van der Waals surface area contributed by atoms with Gasteiger partial charge < -0.3 is 5.11 Å². The maximum Gasteiger partial charge on any atom is 0.290 e. The van der Waals surface area contributed by atoms with E-state index in [1.54, 1.807) is 0 Å². The Morgan fingerprint density at radius 3 is 1.31 bits per heavy atom. The molecule has 0 aromatic rings. The van der Waals surface area contributed by atoms with Crippen LogP contribution in [0.25, 0.3) is 0 Å². The van der Waals surface area contributed by atoms with Gasteiger partial charge >= 0.3 is 0 Å². The molecule has 0 bridgehead atoms. The molecule has 0 aliphatic heterocycles. The predicted molar refractivity (Wildman–Crippen MR) is 57.0 cm³/mol. The number of hydrogen-bond acceptors (Lipinski definition) is 1. The van der Waals surface area contributed by atoms with Crippen LogP contribution in [-0.4, -0.2) is 11.6 Å². The first-order valence-electron chi connectivity index (χ1n) is 5.41. The van der Waals surface area contributed by atoms with Gasteiger partial charge in [-0.2, -0.15) is 0 Å². The smallest absolute Gasteiger partial charge is 0.290 e. The second kappa shape index (κ2) is 17.5. The highest BCUT2D eigenvalue weighted by atomic mass is 16.3. The molecule has 2 nitrogen and oxygen atoms in total. The predicted octanol–water partition coefficient (Wildman–Crippen LogP) is 3.85. The van der Waals surface area contributed by atoms with E-state index in [0.717, 1.165) is 0 Å². The van der Waals surface area contributed by atoms with Crippen LogP contribution in [0.1, 0.15) is 65.2 Å². The molecule has 0 unspecified atom stereocenters. The van der Waals surface area contributed by atoms with Gasteiger partial charge in [-0.05, 0) is 0 Å². The fourth-order valence-corrected chi connectivity index (χ4v) is 1.21. The molecule has 0 amide bonds. The molecule has 13 heavy (non-hydrogen) atoms. The zero-order valence-electron chi connectivity index (χ0n) is 9.09. The van der Waals surface area contributed by atoms with Gasteiger partial charge in [0, 0.05) is 0 Å². The van der Waals surface area contributed by atoms with E-state index >= 15 is 0 Å². The fourth-order valence-electron chi connectivity index (χ4n) is 1.21. The molecular weight excluding hydrogens is 164 g/mol. The van der Waals surface area contributed by atoms with Crippen molar-refractivity contribution < 1.29 is 9.90 Å². The summed E-state index contributed by atoms with van der Waals surface area (Å²) in [5.74, 6) is 0. The van der Waals surface area contributed by atoms with Crippen molar-refractivity contribution in [2.75, 3.05) is 0 Å². The molecule has 1 N–H and O–H groups in total. The quantitative estimate of drug-likeness (QED) is 0.486. The third-order valence-electron chi connectivity index (χ3n) is 1.96. The summed E-state index contributed by atoms with van der Waals surface area (Å²) in [5, 5.41) is 6.89. The third-order valence-corrected chi connectivity index (χ3v) is 1.96. The van der Waals surface area contributed by atoms with Crippen LogP contribution in [0.2, 0.25) is 0 Å². The molecule has 2 heteroatoms. The molecule has 80 valence electrons.